The zero-order valence-electron chi connectivity index (χ0n) is 12.8. The molecule has 0 aliphatic rings. The molecule has 1 aromatic heterocycles. The number of nitrogens with one attached hydrogen (secondary N) is 1. The van der Waals surface area contributed by atoms with E-state index in [2.05, 4.69) is 17.2 Å². The monoisotopic (exact) mass is 318 g/mol. The SMILES string of the molecule is CCCC(CCO)CNC(=O)/C=C/c1nc2ccccc2s1. The number of carbonyl (C=O) groups excluding carboxylic acids is 1. The zero-order chi connectivity index (χ0) is 15.8. The summed E-state index contributed by atoms with van der Waals surface area (Å²) in [5.41, 5.74) is 0.957. The van der Waals surface area contributed by atoms with Crippen LogP contribution < -0.4 is 5.32 Å². The maximum Gasteiger partial charge on any atom is 0.244 e. The highest BCUT2D eigenvalue weighted by Gasteiger charge is 2.08. The molecule has 1 amide bonds. The Bertz CT molecular complexity index is 597. The molecule has 5 heteroatoms. The Morgan fingerprint density at radius 2 is 2.23 bits per heavy atom. The Labute approximate surface area is 134 Å². The van der Waals surface area contributed by atoms with Gasteiger partial charge in [0.25, 0.3) is 0 Å². The first-order chi connectivity index (χ1) is 10.7. The third-order valence-electron chi connectivity index (χ3n) is 3.49. The van der Waals surface area contributed by atoms with Crippen molar-refractivity contribution in [3.63, 3.8) is 0 Å². The van der Waals surface area contributed by atoms with Crippen molar-refractivity contribution in [1.82, 2.24) is 10.3 Å². The second-order valence-corrected chi connectivity index (χ2v) is 6.33. The summed E-state index contributed by atoms with van der Waals surface area (Å²) in [6.07, 6.45) is 6.08. The van der Waals surface area contributed by atoms with Gasteiger partial charge in [0.05, 0.1) is 10.2 Å². The van der Waals surface area contributed by atoms with Crippen molar-refractivity contribution in [2.75, 3.05) is 13.2 Å². The average Bonchev–Trinajstić information content (AvgIpc) is 2.94. The predicted molar refractivity (Wildman–Crippen MR) is 91.8 cm³/mol. The van der Waals surface area contributed by atoms with E-state index in [0.29, 0.717) is 12.5 Å². The van der Waals surface area contributed by atoms with Crippen LogP contribution in [0.15, 0.2) is 30.3 Å². The molecule has 1 unspecified atom stereocenters. The minimum Gasteiger partial charge on any atom is -0.396 e. The van der Waals surface area contributed by atoms with Gasteiger partial charge in [-0.25, -0.2) is 4.98 Å². The molecule has 0 aliphatic carbocycles. The van der Waals surface area contributed by atoms with Crippen molar-refractivity contribution in [3.05, 3.63) is 35.3 Å². The highest BCUT2D eigenvalue weighted by atomic mass is 32.1. The second-order valence-electron chi connectivity index (χ2n) is 5.27. The number of hydrogen-bond donors (Lipinski definition) is 2. The Balaban J connectivity index is 1.87. The minimum absolute atomic E-state index is 0.113. The van der Waals surface area contributed by atoms with Gasteiger partial charge in [0.1, 0.15) is 5.01 Å². The summed E-state index contributed by atoms with van der Waals surface area (Å²) < 4.78 is 1.12. The van der Waals surface area contributed by atoms with Gasteiger partial charge in [-0.15, -0.1) is 11.3 Å². The smallest absolute Gasteiger partial charge is 0.244 e. The lowest BCUT2D eigenvalue weighted by molar-refractivity contribution is -0.116. The molecule has 0 spiro atoms. The number of amides is 1. The zero-order valence-corrected chi connectivity index (χ0v) is 13.6. The van der Waals surface area contributed by atoms with Gasteiger partial charge in [-0.3, -0.25) is 4.79 Å². The van der Waals surface area contributed by atoms with Crippen molar-refractivity contribution in [3.8, 4) is 0 Å². The first-order valence-corrected chi connectivity index (χ1v) is 8.47. The number of fused-ring (bicyclic) bond motifs is 1. The van der Waals surface area contributed by atoms with Gasteiger partial charge in [-0.05, 0) is 37.0 Å². The molecular weight excluding hydrogens is 296 g/mol. The van der Waals surface area contributed by atoms with E-state index in [0.717, 1.165) is 34.5 Å². The molecular formula is C17H22N2O2S. The van der Waals surface area contributed by atoms with Crippen LogP contribution in [0, 0.1) is 5.92 Å². The van der Waals surface area contributed by atoms with E-state index in [4.69, 9.17) is 5.11 Å². The Morgan fingerprint density at radius 3 is 2.95 bits per heavy atom. The van der Waals surface area contributed by atoms with E-state index in [1.807, 2.05) is 24.3 Å². The van der Waals surface area contributed by atoms with Crippen molar-refractivity contribution >= 4 is 33.5 Å². The van der Waals surface area contributed by atoms with Crippen molar-refractivity contribution in [2.45, 2.75) is 26.2 Å². The molecule has 0 saturated carbocycles. The maximum atomic E-state index is 11.9. The van der Waals surface area contributed by atoms with Gasteiger partial charge in [0.15, 0.2) is 0 Å². The van der Waals surface area contributed by atoms with E-state index in [-0.39, 0.29) is 12.5 Å². The van der Waals surface area contributed by atoms with Crippen LogP contribution in [0.4, 0.5) is 0 Å². The van der Waals surface area contributed by atoms with Gasteiger partial charge in [-0.1, -0.05) is 25.5 Å². The van der Waals surface area contributed by atoms with E-state index in [1.54, 1.807) is 17.4 Å². The van der Waals surface area contributed by atoms with Crippen LogP contribution in [0.2, 0.25) is 0 Å². The topological polar surface area (TPSA) is 62.2 Å². The highest BCUT2D eigenvalue weighted by Crippen LogP contribution is 2.22. The van der Waals surface area contributed by atoms with Crippen molar-refractivity contribution in [2.24, 2.45) is 5.92 Å². The van der Waals surface area contributed by atoms with E-state index < -0.39 is 0 Å². The van der Waals surface area contributed by atoms with Crippen LogP contribution in [-0.4, -0.2) is 29.1 Å². The summed E-state index contributed by atoms with van der Waals surface area (Å²) in [6, 6.07) is 7.93. The number of hydrogen-bond acceptors (Lipinski definition) is 4. The molecule has 2 rings (SSSR count). The summed E-state index contributed by atoms with van der Waals surface area (Å²) in [5.74, 6) is 0.230. The highest BCUT2D eigenvalue weighted by molar-refractivity contribution is 7.19. The second kappa shape index (κ2) is 8.66. The van der Waals surface area contributed by atoms with Crippen molar-refractivity contribution in [1.29, 1.82) is 0 Å². The first-order valence-electron chi connectivity index (χ1n) is 7.65. The third kappa shape index (κ3) is 4.93. The number of aliphatic hydroxyl groups is 1. The number of carbonyl (C=O) groups is 1. The van der Waals surface area contributed by atoms with Gasteiger partial charge in [-0.2, -0.15) is 0 Å². The third-order valence-corrected chi connectivity index (χ3v) is 4.49. The molecule has 0 radical (unpaired) electrons. The average molecular weight is 318 g/mol. The normalized spacial score (nSPS) is 12.8. The van der Waals surface area contributed by atoms with E-state index >= 15 is 0 Å². The Morgan fingerprint density at radius 1 is 1.41 bits per heavy atom. The molecule has 2 aromatic rings. The standard InChI is InChI=1S/C17H22N2O2S/c1-2-5-13(10-11-20)12-18-16(21)8-9-17-19-14-6-3-4-7-15(14)22-17/h3-4,6-9,13,20H,2,5,10-12H2,1H3,(H,18,21)/b9-8+. The Hall–Kier alpha value is -1.72. The summed E-state index contributed by atoms with van der Waals surface area (Å²) in [7, 11) is 0. The van der Waals surface area contributed by atoms with Crippen LogP contribution in [0.3, 0.4) is 0 Å². The first kappa shape index (κ1) is 16.6. The van der Waals surface area contributed by atoms with Gasteiger partial charge < -0.3 is 10.4 Å². The fraction of sp³-hybridized carbons (Fsp3) is 0.412. The lowest BCUT2D eigenvalue weighted by atomic mass is 10.0. The number of aromatic nitrogens is 1. The number of aliphatic hydroxyl groups excluding tert-OH is 1. The fourth-order valence-corrected chi connectivity index (χ4v) is 3.22. The van der Waals surface area contributed by atoms with E-state index in [9.17, 15) is 4.79 Å². The molecule has 0 saturated heterocycles. The molecule has 4 nitrogen and oxygen atoms in total. The number of thiazole rings is 1. The lowest BCUT2D eigenvalue weighted by Crippen LogP contribution is -2.28. The molecule has 0 bridgehead atoms. The fourth-order valence-electron chi connectivity index (χ4n) is 2.35. The van der Waals surface area contributed by atoms with Crippen LogP contribution in [0.5, 0.6) is 0 Å². The quantitative estimate of drug-likeness (QED) is 0.735. The number of benzene rings is 1. The largest absolute Gasteiger partial charge is 0.396 e. The summed E-state index contributed by atoms with van der Waals surface area (Å²) in [5, 5.41) is 12.7. The lowest BCUT2D eigenvalue weighted by Gasteiger charge is -2.14. The predicted octanol–water partition coefficient (Wildman–Crippen LogP) is 3.22. The van der Waals surface area contributed by atoms with Gasteiger partial charge in [0.2, 0.25) is 5.91 Å². The number of rotatable bonds is 8. The summed E-state index contributed by atoms with van der Waals surface area (Å²) in [6.45, 7) is 2.89. The van der Waals surface area contributed by atoms with Gasteiger partial charge >= 0.3 is 0 Å². The number of nitrogens with zero attached hydrogens (tertiary/aromatic N) is 1. The molecule has 118 valence electrons. The summed E-state index contributed by atoms with van der Waals surface area (Å²) in [4.78, 5) is 16.3. The Kier molecular flexibility index (Phi) is 6.55. The summed E-state index contributed by atoms with van der Waals surface area (Å²) >= 11 is 1.57. The maximum absolute atomic E-state index is 11.9. The molecule has 0 fully saturated rings. The van der Waals surface area contributed by atoms with Gasteiger partial charge in [0, 0.05) is 19.2 Å². The molecule has 0 aliphatic heterocycles. The number of para-hydroxylation sites is 1. The molecule has 1 heterocycles. The molecule has 1 aromatic carbocycles. The minimum atomic E-state index is -0.113. The van der Waals surface area contributed by atoms with Crippen molar-refractivity contribution < 1.29 is 9.90 Å². The van der Waals surface area contributed by atoms with Crippen LogP contribution in [0.25, 0.3) is 16.3 Å². The van der Waals surface area contributed by atoms with E-state index in [1.165, 1.54) is 6.08 Å². The van der Waals surface area contributed by atoms with Crippen LogP contribution >= 0.6 is 11.3 Å². The van der Waals surface area contributed by atoms with Crippen LogP contribution in [-0.2, 0) is 4.79 Å². The molecule has 2 N–H and O–H groups in total. The van der Waals surface area contributed by atoms with Crippen LogP contribution in [0.1, 0.15) is 31.2 Å². The molecule has 22 heavy (non-hydrogen) atoms. The molecule has 1 atom stereocenters.